The van der Waals surface area contributed by atoms with Crippen molar-refractivity contribution in [1.82, 2.24) is 9.97 Å². The SMILES string of the molecule is CSc1nc(Cl)c(I)c(SC)n1. The second kappa shape index (κ2) is 4.88. The van der Waals surface area contributed by atoms with Gasteiger partial charge in [-0.25, -0.2) is 9.97 Å². The van der Waals surface area contributed by atoms with Gasteiger partial charge in [-0.05, 0) is 35.1 Å². The quantitative estimate of drug-likeness (QED) is 0.359. The zero-order valence-corrected chi connectivity index (χ0v) is 11.0. The number of halogens is 2. The summed E-state index contributed by atoms with van der Waals surface area (Å²) in [6, 6.07) is 0. The summed E-state index contributed by atoms with van der Waals surface area (Å²) in [5.74, 6) is 0. The molecule has 0 aliphatic rings. The molecular formula is C6H6ClIN2S2. The monoisotopic (exact) mass is 332 g/mol. The standard InChI is InChI=1S/C6H6ClIN2S2/c1-11-5-3(8)4(7)9-6(10-5)12-2/h1-2H3. The Morgan fingerprint density at radius 3 is 2.42 bits per heavy atom. The third-order valence-electron chi connectivity index (χ3n) is 1.14. The van der Waals surface area contributed by atoms with E-state index in [1.807, 2.05) is 12.5 Å². The second-order valence-corrected chi connectivity index (χ2v) is 4.83. The first kappa shape index (κ1) is 10.9. The first-order valence-corrected chi connectivity index (χ1v) is 6.90. The molecule has 1 aromatic heterocycles. The summed E-state index contributed by atoms with van der Waals surface area (Å²) in [6.07, 6.45) is 3.91. The van der Waals surface area contributed by atoms with Crippen molar-refractivity contribution in [3.05, 3.63) is 8.72 Å². The van der Waals surface area contributed by atoms with E-state index in [2.05, 4.69) is 32.6 Å². The van der Waals surface area contributed by atoms with Crippen LogP contribution in [0.1, 0.15) is 0 Å². The smallest absolute Gasteiger partial charge is 0.189 e. The highest BCUT2D eigenvalue weighted by molar-refractivity contribution is 14.1. The van der Waals surface area contributed by atoms with Crippen LogP contribution in [0, 0.1) is 3.57 Å². The number of hydrogen-bond donors (Lipinski definition) is 0. The van der Waals surface area contributed by atoms with E-state index in [-0.39, 0.29) is 0 Å². The predicted molar refractivity (Wildman–Crippen MR) is 63.3 cm³/mol. The first-order valence-electron chi connectivity index (χ1n) is 3.00. The van der Waals surface area contributed by atoms with E-state index in [0.717, 1.165) is 13.8 Å². The molecule has 0 bridgehead atoms. The van der Waals surface area contributed by atoms with E-state index in [9.17, 15) is 0 Å². The van der Waals surface area contributed by atoms with Gasteiger partial charge in [-0.2, -0.15) is 0 Å². The number of hydrogen-bond acceptors (Lipinski definition) is 4. The van der Waals surface area contributed by atoms with Gasteiger partial charge >= 0.3 is 0 Å². The summed E-state index contributed by atoms with van der Waals surface area (Å²) >= 11 is 11.1. The maximum Gasteiger partial charge on any atom is 0.189 e. The molecule has 0 spiro atoms. The van der Waals surface area contributed by atoms with Crippen molar-refractivity contribution in [2.75, 3.05) is 12.5 Å². The van der Waals surface area contributed by atoms with Crippen LogP contribution in [0.2, 0.25) is 5.15 Å². The van der Waals surface area contributed by atoms with Gasteiger partial charge in [0.05, 0.1) is 3.57 Å². The van der Waals surface area contributed by atoms with Crippen LogP contribution in [-0.2, 0) is 0 Å². The zero-order chi connectivity index (χ0) is 9.14. The van der Waals surface area contributed by atoms with E-state index in [4.69, 9.17) is 11.6 Å². The van der Waals surface area contributed by atoms with E-state index in [1.54, 1.807) is 11.8 Å². The van der Waals surface area contributed by atoms with Gasteiger partial charge in [0, 0.05) is 0 Å². The summed E-state index contributed by atoms with van der Waals surface area (Å²) < 4.78 is 0.930. The Balaban J connectivity index is 3.19. The largest absolute Gasteiger partial charge is 0.215 e. The van der Waals surface area contributed by atoms with E-state index in [1.165, 1.54) is 11.8 Å². The highest BCUT2D eigenvalue weighted by Gasteiger charge is 2.08. The lowest BCUT2D eigenvalue weighted by Gasteiger charge is -2.03. The van der Waals surface area contributed by atoms with Crippen molar-refractivity contribution in [2.24, 2.45) is 0 Å². The second-order valence-electron chi connectivity index (χ2n) is 1.82. The van der Waals surface area contributed by atoms with Crippen LogP contribution in [0.25, 0.3) is 0 Å². The predicted octanol–water partition coefficient (Wildman–Crippen LogP) is 3.18. The van der Waals surface area contributed by atoms with Crippen LogP contribution >= 0.6 is 57.7 Å². The molecule has 1 rings (SSSR count). The van der Waals surface area contributed by atoms with Gasteiger partial charge in [-0.15, -0.1) is 11.8 Å². The normalized spacial score (nSPS) is 10.3. The molecular weight excluding hydrogens is 327 g/mol. The molecule has 1 aromatic rings. The molecule has 0 N–H and O–H groups in total. The third kappa shape index (κ3) is 2.40. The molecule has 6 heteroatoms. The van der Waals surface area contributed by atoms with Gasteiger partial charge in [-0.3, -0.25) is 0 Å². The Morgan fingerprint density at radius 2 is 1.92 bits per heavy atom. The lowest BCUT2D eigenvalue weighted by Crippen LogP contribution is -1.93. The van der Waals surface area contributed by atoms with Crippen molar-refractivity contribution in [1.29, 1.82) is 0 Å². The Labute approximate surface area is 98.4 Å². The number of thioether (sulfide) groups is 2. The van der Waals surface area contributed by atoms with Crippen LogP contribution in [-0.4, -0.2) is 22.5 Å². The molecule has 0 aliphatic carbocycles. The molecule has 0 unspecified atom stereocenters. The summed E-state index contributed by atoms with van der Waals surface area (Å²) in [4.78, 5) is 8.39. The number of aromatic nitrogens is 2. The lowest BCUT2D eigenvalue weighted by atomic mass is 10.7. The number of rotatable bonds is 2. The molecule has 0 radical (unpaired) electrons. The van der Waals surface area contributed by atoms with E-state index < -0.39 is 0 Å². The minimum Gasteiger partial charge on any atom is -0.215 e. The van der Waals surface area contributed by atoms with E-state index in [0.29, 0.717) is 5.15 Å². The minimum absolute atomic E-state index is 0.541. The molecule has 0 saturated heterocycles. The molecule has 0 aliphatic heterocycles. The van der Waals surface area contributed by atoms with Crippen molar-refractivity contribution in [3.8, 4) is 0 Å². The first-order chi connectivity index (χ1) is 5.69. The van der Waals surface area contributed by atoms with Gasteiger partial charge in [0.2, 0.25) is 0 Å². The summed E-state index contributed by atoms with van der Waals surface area (Å²) in [6.45, 7) is 0. The van der Waals surface area contributed by atoms with Crippen molar-refractivity contribution >= 4 is 57.7 Å². The average molecular weight is 333 g/mol. The molecule has 0 saturated carbocycles. The summed E-state index contributed by atoms with van der Waals surface area (Å²) in [5.41, 5.74) is 0. The topological polar surface area (TPSA) is 25.8 Å². The Bertz CT molecular complexity index is 295. The number of nitrogens with zero attached hydrogens (tertiary/aromatic N) is 2. The Morgan fingerprint density at radius 1 is 1.25 bits per heavy atom. The van der Waals surface area contributed by atoms with Crippen LogP contribution in [0.4, 0.5) is 0 Å². The zero-order valence-electron chi connectivity index (χ0n) is 6.47. The Kier molecular flexibility index (Phi) is 4.42. The highest BCUT2D eigenvalue weighted by atomic mass is 127. The van der Waals surface area contributed by atoms with Crippen molar-refractivity contribution in [2.45, 2.75) is 10.2 Å². The molecule has 12 heavy (non-hydrogen) atoms. The summed E-state index contributed by atoms with van der Waals surface area (Å²) in [7, 11) is 0. The summed E-state index contributed by atoms with van der Waals surface area (Å²) in [5, 5.41) is 2.21. The Hall–Kier alpha value is 0.800. The van der Waals surface area contributed by atoms with Crippen LogP contribution in [0.5, 0.6) is 0 Å². The molecule has 0 amide bonds. The van der Waals surface area contributed by atoms with Crippen molar-refractivity contribution < 1.29 is 0 Å². The fraction of sp³-hybridized carbons (Fsp3) is 0.333. The fourth-order valence-electron chi connectivity index (χ4n) is 0.609. The van der Waals surface area contributed by atoms with Crippen LogP contribution in [0.15, 0.2) is 10.2 Å². The van der Waals surface area contributed by atoms with Gasteiger partial charge in [0.25, 0.3) is 0 Å². The maximum absolute atomic E-state index is 5.89. The van der Waals surface area contributed by atoms with Gasteiger partial charge in [0.15, 0.2) is 5.16 Å². The molecule has 0 aromatic carbocycles. The van der Waals surface area contributed by atoms with Gasteiger partial charge in [0.1, 0.15) is 10.2 Å². The van der Waals surface area contributed by atoms with Crippen LogP contribution < -0.4 is 0 Å². The molecule has 0 fully saturated rings. The fourth-order valence-corrected chi connectivity index (χ4v) is 2.66. The van der Waals surface area contributed by atoms with Gasteiger partial charge < -0.3 is 0 Å². The van der Waals surface area contributed by atoms with E-state index >= 15 is 0 Å². The highest BCUT2D eigenvalue weighted by Crippen LogP contribution is 2.27. The maximum atomic E-state index is 5.89. The van der Waals surface area contributed by atoms with Gasteiger partial charge in [-0.1, -0.05) is 23.4 Å². The average Bonchev–Trinajstić information content (AvgIpc) is 2.09. The molecule has 0 atom stereocenters. The minimum atomic E-state index is 0.541. The molecule has 1 heterocycles. The molecule has 66 valence electrons. The van der Waals surface area contributed by atoms with Crippen LogP contribution in [0.3, 0.4) is 0 Å². The molecule has 2 nitrogen and oxygen atoms in total. The van der Waals surface area contributed by atoms with Crippen molar-refractivity contribution in [3.63, 3.8) is 0 Å². The third-order valence-corrected chi connectivity index (χ3v) is 4.35. The lowest BCUT2D eigenvalue weighted by molar-refractivity contribution is 0.881.